The molecule has 0 aliphatic carbocycles. The molecule has 0 radical (unpaired) electrons. The second kappa shape index (κ2) is 4.72. The third-order valence-corrected chi connectivity index (χ3v) is 2.13. The van der Waals surface area contributed by atoms with Gasteiger partial charge in [0.15, 0.2) is 0 Å². The summed E-state index contributed by atoms with van der Waals surface area (Å²) < 4.78 is 49.6. The van der Waals surface area contributed by atoms with E-state index >= 15 is 0 Å². The van der Waals surface area contributed by atoms with Crippen LogP contribution in [0.5, 0.6) is 0 Å². The lowest BCUT2D eigenvalue weighted by Crippen LogP contribution is -2.24. The zero-order valence-electron chi connectivity index (χ0n) is 9.03. The van der Waals surface area contributed by atoms with Gasteiger partial charge in [-0.1, -0.05) is 12.1 Å². The van der Waals surface area contributed by atoms with Crippen LogP contribution in [0.1, 0.15) is 18.9 Å². The summed E-state index contributed by atoms with van der Waals surface area (Å²) >= 11 is 0. The van der Waals surface area contributed by atoms with Crippen LogP contribution in [0.25, 0.3) is 0 Å². The van der Waals surface area contributed by atoms with Gasteiger partial charge in [-0.25, -0.2) is 4.39 Å². The fourth-order valence-corrected chi connectivity index (χ4v) is 1.42. The Kier molecular flexibility index (Phi) is 3.78. The summed E-state index contributed by atoms with van der Waals surface area (Å²) in [5.74, 6) is -0.503. The van der Waals surface area contributed by atoms with Gasteiger partial charge in [-0.15, -0.1) is 0 Å². The highest BCUT2D eigenvalue weighted by atomic mass is 19.4. The second-order valence-corrected chi connectivity index (χ2v) is 3.80. The minimum atomic E-state index is -4.24. The molecule has 1 unspecified atom stereocenters. The number of anilines is 1. The summed E-state index contributed by atoms with van der Waals surface area (Å²) in [5, 5.41) is 2.51. The Labute approximate surface area is 91.5 Å². The SMILES string of the molecule is Cc1cccc(NC(C)CC(F)(F)F)c1F. The topological polar surface area (TPSA) is 12.0 Å². The monoisotopic (exact) mass is 235 g/mol. The molecule has 0 saturated heterocycles. The standard InChI is InChI=1S/C11H13F4N/c1-7-4-3-5-9(10(7)12)16-8(2)6-11(13,14)15/h3-5,8,16H,6H2,1-2H3. The molecule has 0 spiro atoms. The Morgan fingerprint density at radius 1 is 1.31 bits per heavy atom. The molecule has 0 aliphatic rings. The number of rotatable bonds is 3. The Balaban J connectivity index is 2.70. The van der Waals surface area contributed by atoms with E-state index in [0.29, 0.717) is 5.56 Å². The predicted octanol–water partition coefficient (Wildman–Crippen LogP) is 3.89. The summed E-state index contributed by atoms with van der Waals surface area (Å²) in [5.41, 5.74) is 0.515. The molecule has 1 aromatic carbocycles. The maximum atomic E-state index is 13.5. The van der Waals surface area contributed by atoms with Crippen LogP contribution in [-0.2, 0) is 0 Å². The van der Waals surface area contributed by atoms with Crippen molar-refractivity contribution in [1.29, 1.82) is 0 Å². The van der Waals surface area contributed by atoms with Crippen molar-refractivity contribution >= 4 is 5.69 Å². The Morgan fingerprint density at radius 3 is 2.50 bits per heavy atom. The number of nitrogens with one attached hydrogen (secondary N) is 1. The van der Waals surface area contributed by atoms with Crippen molar-refractivity contribution in [1.82, 2.24) is 0 Å². The zero-order chi connectivity index (χ0) is 12.3. The van der Waals surface area contributed by atoms with E-state index in [1.54, 1.807) is 19.1 Å². The van der Waals surface area contributed by atoms with Gasteiger partial charge in [-0.2, -0.15) is 13.2 Å². The molecule has 0 fully saturated rings. The van der Waals surface area contributed by atoms with E-state index in [9.17, 15) is 17.6 Å². The van der Waals surface area contributed by atoms with E-state index in [0.717, 1.165) is 0 Å². The molecular weight excluding hydrogens is 222 g/mol. The third kappa shape index (κ3) is 3.72. The number of benzene rings is 1. The Morgan fingerprint density at radius 2 is 1.94 bits per heavy atom. The first-order valence-electron chi connectivity index (χ1n) is 4.88. The van der Waals surface area contributed by atoms with E-state index in [-0.39, 0.29) is 5.69 Å². The Hall–Kier alpha value is -1.26. The van der Waals surface area contributed by atoms with Crippen molar-refractivity contribution in [2.24, 2.45) is 0 Å². The number of hydrogen-bond acceptors (Lipinski definition) is 1. The average Bonchev–Trinajstić information content (AvgIpc) is 2.09. The van der Waals surface area contributed by atoms with E-state index in [1.807, 2.05) is 0 Å². The Bertz CT molecular complexity index is 359. The van der Waals surface area contributed by atoms with Gasteiger partial charge in [0.25, 0.3) is 0 Å². The second-order valence-electron chi connectivity index (χ2n) is 3.80. The molecule has 90 valence electrons. The van der Waals surface area contributed by atoms with Gasteiger partial charge >= 0.3 is 6.18 Å². The quantitative estimate of drug-likeness (QED) is 0.784. The third-order valence-electron chi connectivity index (χ3n) is 2.13. The normalized spacial score (nSPS) is 13.6. The number of halogens is 4. The first-order chi connectivity index (χ1) is 7.29. The summed E-state index contributed by atoms with van der Waals surface area (Å²) in [7, 11) is 0. The van der Waals surface area contributed by atoms with Crippen molar-refractivity contribution < 1.29 is 17.6 Å². The van der Waals surface area contributed by atoms with Crippen LogP contribution in [0.4, 0.5) is 23.2 Å². The van der Waals surface area contributed by atoms with Gasteiger partial charge in [0.05, 0.1) is 12.1 Å². The van der Waals surface area contributed by atoms with Gasteiger partial charge in [0, 0.05) is 6.04 Å². The molecule has 1 nitrogen and oxygen atoms in total. The lowest BCUT2D eigenvalue weighted by Gasteiger charge is -2.17. The first-order valence-corrected chi connectivity index (χ1v) is 4.88. The fourth-order valence-electron chi connectivity index (χ4n) is 1.42. The molecule has 0 saturated carbocycles. The molecule has 1 rings (SSSR count). The van der Waals surface area contributed by atoms with E-state index in [4.69, 9.17) is 0 Å². The lowest BCUT2D eigenvalue weighted by atomic mass is 10.1. The summed E-state index contributed by atoms with van der Waals surface area (Å²) in [4.78, 5) is 0. The summed E-state index contributed by atoms with van der Waals surface area (Å²) in [6.07, 6.45) is -5.23. The van der Waals surface area contributed by atoms with Crippen LogP contribution < -0.4 is 5.32 Å². The molecule has 0 bridgehead atoms. The van der Waals surface area contributed by atoms with Crippen LogP contribution in [0, 0.1) is 12.7 Å². The van der Waals surface area contributed by atoms with Gasteiger partial charge in [-0.3, -0.25) is 0 Å². The molecule has 1 aromatic rings. The van der Waals surface area contributed by atoms with E-state index in [2.05, 4.69) is 5.32 Å². The fraction of sp³-hybridized carbons (Fsp3) is 0.455. The number of aryl methyl sites for hydroxylation is 1. The van der Waals surface area contributed by atoms with Crippen LogP contribution >= 0.6 is 0 Å². The van der Waals surface area contributed by atoms with Gasteiger partial charge in [0.1, 0.15) is 5.82 Å². The molecule has 0 aliphatic heterocycles. The van der Waals surface area contributed by atoms with Crippen molar-refractivity contribution in [3.63, 3.8) is 0 Å². The summed E-state index contributed by atoms with van der Waals surface area (Å²) in [6.45, 7) is 2.93. The minimum Gasteiger partial charge on any atom is -0.380 e. The van der Waals surface area contributed by atoms with Crippen LogP contribution in [-0.4, -0.2) is 12.2 Å². The maximum absolute atomic E-state index is 13.5. The number of alkyl halides is 3. The highest BCUT2D eigenvalue weighted by Crippen LogP contribution is 2.24. The zero-order valence-corrected chi connectivity index (χ0v) is 9.03. The van der Waals surface area contributed by atoms with Crippen molar-refractivity contribution in [2.45, 2.75) is 32.5 Å². The highest BCUT2D eigenvalue weighted by Gasteiger charge is 2.30. The largest absolute Gasteiger partial charge is 0.391 e. The maximum Gasteiger partial charge on any atom is 0.391 e. The predicted molar refractivity (Wildman–Crippen MR) is 54.9 cm³/mol. The van der Waals surface area contributed by atoms with Gasteiger partial charge in [-0.05, 0) is 25.5 Å². The average molecular weight is 235 g/mol. The molecule has 0 amide bonds. The van der Waals surface area contributed by atoms with Crippen LogP contribution in [0.2, 0.25) is 0 Å². The molecule has 0 heterocycles. The molecule has 1 atom stereocenters. The molecule has 16 heavy (non-hydrogen) atoms. The van der Waals surface area contributed by atoms with Crippen molar-refractivity contribution in [3.8, 4) is 0 Å². The van der Waals surface area contributed by atoms with Gasteiger partial charge < -0.3 is 5.32 Å². The molecule has 0 aromatic heterocycles. The van der Waals surface area contributed by atoms with Crippen molar-refractivity contribution in [3.05, 3.63) is 29.6 Å². The molecular formula is C11H13F4N. The minimum absolute atomic E-state index is 0.108. The van der Waals surface area contributed by atoms with E-state index in [1.165, 1.54) is 13.0 Å². The van der Waals surface area contributed by atoms with Crippen molar-refractivity contribution in [2.75, 3.05) is 5.32 Å². The number of hydrogen-bond donors (Lipinski definition) is 1. The smallest absolute Gasteiger partial charge is 0.380 e. The lowest BCUT2D eigenvalue weighted by molar-refractivity contribution is -0.136. The summed E-state index contributed by atoms with van der Waals surface area (Å²) in [6, 6.07) is 3.74. The highest BCUT2D eigenvalue weighted by molar-refractivity contribution is 5.47. The first kappa shape index (κ1) is 12.8. The van der Waals surface area contributed by atoms with Gasteiger partial charge in [0.2, 0.25) is 0 Å². The molecule has 5 heteroatoms. The van der Waals surface area contributed by atoms with Crippen LogP contribution in [0.3, 0.4) is 0 Å². The molecule has 1 N–H and O–H groups in total. The van der Waals surface area contributed by atoms with E-state index < -0.39 is 24.5 Å². The van der Waals surface area contributed by atoms with Crippen LogP contribution in [0.15, 0.2) is 18.2 Å².